The van der Waals surface area contributed by atoms with Crippen LogP contribution in [0.2, 0.25) is 19.6 Å². The first-order chi connectivity index (χ1) is 9.95. The summed E-state index contributed by atoms with van der Waals surface area (Å²) in [6.07, 6.45) is 0. The molecular weight excluding hydrogens is 276 g/mol. The van der Waals surface area contributed by atoms with E-state index in [9.17, 15) is 4.79 Å². The van der Waals surface area contributed by atoms with Gasteiger partial charge in [0.2, 0.25) is 0 Å². The summed E-state index contributed by atoms with van der Waals surface area (Å²) >= 11 is 0. The monoisotopic (exact) mass is 294 g/mol. The van der Waals surface area contributed by atoms with Gasteiger partial charge in [0.25, 0.3) is 5.56 Å². The molecule has 3 aromatic rings. The van der Waals surface area contributed by atoms with Crippen molar-refractivity contribution in [2.24, 2.45) is 0 Å². The van der Waals surface area contributed by atoms with Gasteiger partial charge in [-0.25, -0.2) is 4.98 Å². The van der Waals surface area contributed by atoms with Gasteiger partial charge in [-0.3, -0.25) is 4.79 Å². The molecule has 106 valence electrons. The number of rotatable bonds is 2. The Morgan fingerprint density at radius 3 is 2.29 bits per heavy atom. The van der Waals surface area contributed by atoms with Crippen LogP contribution in [0.25, 0.3) is 22.3 Å². The number of fused-ring (bicyclic) bond motifs is 1. The first kappa shape index (κ1) is 13.8. The lowest BCUT2D eigenvalue weighted by Crippen LogP contribution is -2.37. The molecule has 21 heavy (non-hydrogen) atoms. The van der Waals surface area contributed by atoms with Crippen LogP contribution in [0, 0.1) is 0 Å². The Morgan fingerprint density at radius 1 is 0.952 bits per heavy atom. The van der Waals surface area contributed by atoms with Gasteiger partial charge in [0.15, 0.2) is 0 Å². The maximum atomic E-state index is 12.1. The summed E-state index contributed by atoms with van der Waals surface area (Å²) in [6, 6.07) is 15.8. The molecule has 0 aliphatic rings. The number of aromatic nitrogens is 2. The molecule has 0 aliphatic carbocycles. The van der Waals surface area contributed by atoms with Crippen molar-refractivity contribution in [3.05, 3.63) is 58.9 Å². The van der Waals surface area contributed by atoms with Crippen molar-refractivity contribution in [2.75, 3.05) is 0 Å². The number of hydrogen-bond acceptors (Lipinski definition) is 2. The fourth-order valence-electron chi connectivity index (χ4n) is 2.35. The average Bonchev–Trinajstić information content (AvgIpc) is 2.46. The molecule has 0 saturated carbocycles. The highest BCUT2D eigenvalue weighted by molar-refractivity contribution is 6.88. The molecule has 0 spiro atoms. The van der Waals surface area contributed by atoms with E-state index in [2.05, 4.69) is 41.7 Å². The van der Waals surface area contributed by atoms with Crippen LogP contribution in [-0.4, -0.2) is 18.0 Å². The number of para-hydroxylation sites is 1. The summed E-state index contributed by atoms with van der Waals surface area (Å²) < 4.78 is 0. The molecular formula is C17H18N2OSi. The van der Waals surface area contributed by atoms with Crippen LogP contribution < -0.4 is 10.7 Å². The van der Waals surface area contributed by atoms with Gasteiger partial charge in [-0.15, -0.1) is 0 Å². The first-order valence-corrected chi connectivity index (χ1v) is 10.6. The highest BCUT2D eigenvalue weighted by atomic mass is 28.3. The second kappa shape index (κ2) is 4.97. The topological polar surface area (TPSA) is 45.8 Å². The summed E-state index contributed by atoms with van der Waals surface area (Å²) in [6.45, 7) is 6.95. The Bertz CT molecular complexity index is 845. The number of H-pyrrole nitrogens is 1. The lowest BCUT2D eigenvalue weighted by molar-refractivity contribution is 1.18. The predicted molar refractivity (Wildman–Crippen MR) is 90.8 cm³/mol. The average molecular weight is 294 g/mol. The minimum absolute atomic E-state index is 0.0927. The fraction of sp³-hybridized carbons (Fsp3) is 0.176. The number of benzene rings is 2. The van der Waals surface area contributed by atoms with Crippen LogP contribution in [0.15, 0.2) is 53.3 Å². The van der Waals surface area contributed by atoms with E-state index in [1.165, 1.54) is 5.19 Å². The molecule has 0 unspecified atom stereocenters. The van der Waals surface area contributed by atoms with E-state index in [4.69, 9.17) is 0 Å². The van der Waals surface area contributed by atoms with E-state index in [-0.39, 0.29) is 5.56 Å². The van der Waals surface area contributed by atoms with Gasteiger partial charge in [0.1, 0.15) is 5.82 Å². The molecule has 0 amide bonds. The number of aromatic amines is 1. The van der Waals surface area contributed by atoms with E-state index >= 15 is 0 Å². The van der Waals surface area contributed by atoms with Crippen molar-refractivity contribution in [1.82, 2.24) is 9.97 Å². The molecule has 0 atom stereocenters. The normalized spacial score (nSPS) is 11.8. The molecule has 3 nitrogen and oxygen atoms in total. The van der Waals surface area contributed by atoms with Crippen molar-refractivity contribution in [3.8, 4) is 11.4 Å². The van der Waals surface area contributed by atoms with Gasteiger partial charge >= 0.3 is 0 Å². The van der Waals surface area contributed by atoms with Crippen molar-refractivity contribution in [1.29, 1.82) is 0 Å². The zero-order valence-electron chi connectivity index (χ0n) is 12.5. The van der Waals surface area contributed by atoms with Crippen LogP contribution in [0.4, 0.5) is 0 Å². The molecule has 1 heterocycles. The molecule has 3 rings (SSSR count). The molecule has 0 fully saturated rings. The van der Waals surface area contributed by atoms with Crippen LogP contribution in [0.5, 0.6) is 0 Å². The smallest absolute Gasteiger partial charge is 0.259 e. The lowest BCUT2D eigenvalue weighted by atomic mass is 10.2. The third kappa shape index (κ3) is 2.67. The first-order valence-electron chi connectivity index (χ1n) is 7.05. The Labute approximate surface area is 124 Å². The molecule has 0 radical (unpaired) electrons. The fourth-order valence-corrected chi connectivity index (χ4v) is 3.52. The van der Waals surface area contributed by atoms with Gasteiger partial charge < -0.3 is 4.98 Å². The molecule has 0 aliphatic heterocycles. The van der Waals surface area contributed by atoms with Gasteiger partial charge in [-0.2, -0.15) is 0 Å². The molecule has 0 bridgehead atoms. The zero-order chi connectivity index (χ0) is 15.0. The number of nitrogens with one attached hydrogen (secondary N) is 1. The zero-order valence-corrected chi connectivity index (χ0v) is 13.5. The molecule has 1 aromatic heterocycles. The Kier molecular flexibility index (Phi) is 3.26. The van der Waals surface area contributed by atoms with E-state index in [0.29, 0.717) is 11.2 Å². The van der Waals surface area contributed by atoms with Crippen molar-refractivity contribution in [3.63, 3.8) is 0 Å². The maximum Gasteiger partial charge on any atom is 0.259 e. The van der Waals surface area contributed by atoms with Gasteiger partial charge in [-0.1, -0.05) is 61.2 Å². The summed E-state index contributed by atoms with van der Waals surface area (Å²) in [5.74, 6) is 0.626. The molecule has 4 heteroatoms. The van der Waals surface area contributed by atoms with Crippen molar-refractivity contribution >= 4 is 24.2 Å². The highest BCUT2D eigenvalue weighted by Crippen LogP contribution is 2.16. The number of nitrogens with zero attached hydrogens (tertiary/aromatic N) is 1. The Morgan fingerprint density at radius 2 is 1.62 bits per heavy atom. The van der Waals surface area contributed by atoms with E-state index in [1.807, 2.05) is 30.3 Å². The van der Waals surface area contributed by atoms with Crippen LogP contribution in [-0.2, 0) is 0 Å². The van der Waals surface area contributed by atoms with Crippen LogP contribution in [0.1, 0.15) is 0 Å². The summed E-state index contributed by atoms with van der Waals surface area (Å²) in [4.78, 5) is 19.5. The molecule has 1 N–H and O–H groups in total. The SMILES string of the molecule is C[Si](C)(C)c1ccc(-c2nc3ccccc3c(=O)[nH]2)cc1. The standard InChI is InChI=1S/C17H18N2OSi/c1-21(2,3)13-10-8-12(9-11-13)16-18-15-7-5-4-6-14(15)17(20)19-16/h4-11H,1-3H3,(H,18,19,20). The van der Waals surface area contributed by atoms with Crippen molar-refractivity contribution in [2.45, 2.75) is 19.6 Å². The third-order valence-corrected chi connectivity index (χ3v) is 5.70. The van der Waals surface area contributed by atoms with E-state index < -0.39 is 8.07 Å². The van der Waals surface area contributed by atoms with Gasteiger partial charge in [0, 0.05) is 5.56 Å². The van der Waals surface area contributed by atoms with Crippen LogP contribution >= 0.6 is 0 Å². The maximum absolute atomic E-state index is 12.1. The minimum Gasteiger partial charge on any atom is -0.306 e. The van der Waals surface area contributed by atoms with Crippen LogP contribution in [0.3, 0.4) is 0 Å². The summed E-state index contributed by atoms with van der Waals surface area (Å²) in [5.41, 5.74) is 1.58. The van der Waals surface area contributed by atoms with Crippen molar-refractivity contribution < 1.29 is 0 Å². The van der Waals surface area contributed by atoms with Gasteiger partial charge in [-0.05, 0) is 12.1 Å². The van der Waals surface area contributed by atoms with E-state index in [0.717, 1.165) is 11.1 Å². The number of hydrogen-bond donors (Lipinski definition) is 1. The predicted octanol–water partition coefficient (Wildman–Crippen LogP) is 3.14. The summed E-state index contributed by atoms with van der Waals surface area (Å²) in [5, 5.41) is 2.02. The summed E-state index contributed by atoms with van der Waals surface area (Å²) in [7, 11) is -1.30. The quantitative estimate of drug-likeness (QED) is 0.738. The third-order valence-electron chi connectivity index (χ3n) is 3.64. The molecule has 2 aromatic carbocycles. The highest BCUT2D eigenvalue weighted by Gasteiger charge is 2.16. The second-order valence-corrected chi connectivity index (χ2v) is 11.3. The van der Waals surface area contributed by atoms with E-state index in [1.54, 1.807) is 6.07 Å². The Hall–Kier alpha value is -2.20. The Balaban J connectivity index is 2.10. The van der Waals surface area contributed by atoms with Gasteiger partial charge in [0.05, 0.1) is 19.0 Å². The minimum atomic E-state index is -1.30. The largest absolute Gasteiger partial charge is 0.306 e. The lowest BCUT2D eigenvalue weighted by Gasteiger charge is -2.16. The second-order valence-electron chi connectivity index (χ2n) is 6.26. The molecule has 0 saturated heterocycles.